The molecule has 1 aromatic heterocycles. The third kappa shape index (κ3) is 3.62. The van der Waals surface area contributed by atoms with E-state index in [1.165, 1.54) is 5.57 Å². The van der Waals surface area contributed by atoms with E-state index in [0.29, 0.717) is 15.8 Å². The highest BCUT2D eigenvalue weighted by Crippen LogP contribution is 2.49. The Balaban J connectivity index is 1.72. The number of hydrogen-bond acceptors (Lipinski definition) is 4. The molecule has 2 aromatic carbocycles. The van der Waals surface area contributed by atoms with Gasteiger partial charge in [-0.25, -0.2) is 0 Å². The zero-order valence-electron chi connectivity index (χ0n) is 19.6. The molecule has 0 radical (unpaired) electrons. The second-order valence-electron chi connectivity index (χ2n) is 9.42. The number of para-hydroxylation sites is 2. The molecular weight excluding hydrogens is 464 g/mol. The number of thiocarbonyl (C=S) groups is 1. The van der Waals surface area contributed by atoms with Crippen molar-refractivity contribution in [2.24, 2.45) is 0 Å². The van der Waals surface area contributed by atoms with Gasteiger partial charge in [-0.1, -0.05) is 35.9 Å². The Morgan fingerprint density at radius 1 is 1.09 bits per heavy atom. The van der Waals surface area contributed by atoms with Gasteiger partial charge in [0.1, 0.15) is 5.75 Å². The van der Waals surface area contributed by atoms with Crippen molar-refractivity contribution in [2.45, 2.75) is 38.4 Å². The number of rotatable bonds is 3. The molecule has 0 aliphatic carbocycles. The van der Waals surface area contributed by atoms with Gasteiger partial charge >= 0.3 is 0 Å². The first-order chi connectivity index (χ1) is 16.2. The van der Waals surface area contributed by atoms with E-state index >= 15 is 0 Å². The smallest absolute Gasteiger partial charge is 0.174 e. The zero-order chi connectivity index (χ0) is 24.2. The zero-order valence-corrected chi connectivity index (χ0v) is 21.2. The average Bonchev–Trinajstić information content (AvgIpc) is 3.14. The molecule has 3 heterocycles. The van der Waals surface area contributed by atoms with Gasteiger partial charge in [-0.2, -0.15) is 0 Å². The van der Waals surface area contributed by atoms with Crippen LogP contribution in [0.5, 0.6) is 5.75 Å². The van der Waals surface area contributed by atoms with Crippen LogP contribution in [0.3, 0.4) is 0 Å². The minimum Gasteiger partial charge on any atom is -0.506 e. The summed E-state index contributed by atoms with van der Waals surface area (Å²) in [6.07, 6.45) is 4.06. The number of aromatic nitrogens is 1. The summed E-state index contributed by atoms with van der Waals surface area (Å²) in [7, 11) is 2.09. The van der Waals surface area contributed by atoms with Gasteiger partial charge in [-0.15, -0.1) is 0 Å². The number of hydrogen-bond donors (Lipinski definition) is 2. The van der Waals surface area contributed by atoms with Crippen molar-refractivity contribution in [1.82, 2.24) is 10.3 Å². The van der Waals surface area contributed by atoms with Gasteiger partial charge in [-0.3, -0.25) is 4.98 Å². The largest absolute Gasteiger partial charge is 0.506 e. The molecule has 0 amide bonds. The van der Waals surface area contributed by atoms with E-state index in [4.69, 9.17) is 23.8 Å². The summed E-state index contributed by atoms with van der Waals surface area (Å²) >= 11 is 12.8. The molecule has 1 saturated heterocycles. The number of fused-ring (bicyclic) bond motifs is 1. The Morgan fingerprint density at radius 2 is 1.82 bits per heavy atom. The summed E-state index contributed by atoms with van der Waals surface area (Å²) in [4.78, 5) is 8.81. The van der Waals surface area contributed by atoms with Gasteiger partial charge in [0, 0.05) is 29.5 Å². The van der Waals surface area contributed by atoms with Crippen LogP contribution in [0, 0.1) is 0 Å². The van der Waals surface area contributed by atoms with Gasteiger partial charge in [-0.05, 0) is 80.5 Å². The quantitative estimate of drug-likeness (QED) is 0.423. The predicted molar refractivity (Wildman–Crippen MR) is 144 cm³/mol. The normalized spacial score (nSPS) is 21.2. The fourth-order valence-electron chi connectivity index (χ4n) is 5.01. The molecule has 5 rings (SSSR count). The minimum atomic E-state index is -0.304. The number of nitrogens with one attached hydrogen (secondary N) is 1. The number of phenols is 1. The van der Waals surface area contributed by atoms with Crippen molar-refractivity contribution in [3.05, 3.63) is 88.7 Å². The molecule has 2 atom stereocenters. The first-order valence-electron chi connectivity index (χ1n) is 11.2. The van der Waals surface area contributed by atoms with Crippen LogP contribution in [0.4, 0.5) is 11.4 Å². The number of phenolic OH excluding ortho intramolecular Hbond substituents is 1. The molecule has 5 nitrogen and oxygen atoms in total. The molecule has 0 bridgehead atoms. The Bertz CT molecular complexity index is 1310. The van der Waals surface area contributed by atoms with Crippen molar-refractivity contribution in [1.29, 1.82) is 0 Å². The van der Waals surface area contributed by atoms with E-state index in [9.17, 15) is 5.11 Å². The summed E-state index contributed by atoms with van der Waals surface area (Å²) in [6.45, 7) is 6.52. The van der Waals surface area contributed by atoms with Crippen molar-refractivity contribution < 1.29 is 5.11 Å². The standard InChI is InChI=1S/C27H27ClN4OS/c1-16-15-27(2,3)31(4)22-14-19(28)18(13-17(16)22)25-24(20-9-7-8-12-29-20)30-26(34)32(25)21-10-5-6-11-23(21)33/h5-15,24-25,33H,1-4H3,(H,30,34)/t24-,25+/m1/s1. The maximum absolute atomic E-state index is 10.7. The van der Waals surface area contributed by atoms with E-state index in [1.807, 2.05) is 41.3 Å². The lowest BCUT2D eigenvalue weighted by Crippen LogP contribution is -2.42. The molecule has 1 fully saturated rings. The highest BCUT2D eigenvalue weighted by molar-refractivity contribution is 7.80. The van der Waals surface area contributed by atoms with Crippen molar-refractivity contribution in [3.63, 3.8) is 0 Å². The van der Waals surface area contributed by atoms with Crippen LogP contribution in [-0.2, 0) is 0 Å². The molecule has 2 aliphatic heterocycles. The number of likely N-dealkylation sites (N-methyl/N-ethyl adjacent to an activating group) is 1. The van der Waals surface area contributed by atoms with Crippen LogP contribution in [0.25, 0.3) is 5.57 Å². The monoisotopic (exact) mass is 490 g/mol. The summed E-state index contributed by atoms with van der Waals surface area (Å²) in [6, 6.07) is 16.7. The van der Waals surface area contributed by atoms with Gasteiger partial charge in [0.2, 0.25) is 0 Å². The van der Waals surface area contributed by atoms with Crippen molar-refractivity contribution in [3.8, 4) is 5.75 Å². The first kappa shape index (κ1) is 22.7. The van der Waals surface area contributed by atoms with E-state index in [-0.39, 0.29) is 23.4 Å². The Kier molecular flexibility index (Phi) is 5.53. The summed E-state index contributed by atoms with van der Waals surface area (Å²) < 4.78 is 0. The minimum absolute atomic E-state index is 0.114. The van der Waals surface area contributed by atoms with Crippen LogP contribution >= 0.6 is 23.8 Å². The lowest BCUT2D eigenvalue weighted by Gasteiger charge is -2.41. The van der Waals surface area contributed by atoms with E-state index in [1.54, 1.807) is 18.3 Å². The van der Waals surface area contributed by atoms with E-state index < -0.39 is 0 Å². The molecular formula is C27H27ClN4OS. The second kappa shape index (κ2) is 8.29. The topological polar surface area (TPSA) is 51.6 Å². The van der Waals surface area contributed by atoms with Crippen LogP contribution in [-0.4, -0.2) is 27.8 Å². The third-order valence-corrected chi connectivity index (χ3v) is 7.54. The highest BCUT2D eigenvalue weighted by atomic mass is 35.5. The maximum Gasteiger partial charge on any atom is 0.174 e. The molecule has 174 valence electrons. The van der Waals surface area contributed by atoms with Gasteiger partial charge in [0.15, 0.2) is 5.11 Å². The molecule has 0 unspecified atom stereocenters. The Hall–Kier alpha value is -3.09. The molecule has 0 saturated carbocycles. The van der Waals surface area contributed by atoms with Crippen LogP contribution in [0.2, 0.25) is 5.02 Å². The Morgan fingerprint density at radius 3 is 2.53 bits per heavy atom. The fraction of sp³-hybridized carbons (Fsp3) is 0.259. The number of anilines is 2. The number of aromatic hydroxyl groups is 1. The molecule has 2 N–H and O–H groups in total. The van der Waals surface area contributed by atoms with Crippen LogP contribution in [0.1, 0.15) is 49.7 Å². The third-order valence-electron chi connectivity index (χ3n) is 6.89. The number of halogens is 1. The van der Waals surface area contributed by atoms with E-state index in [2.05, 4.69) is 55.2 Å². The lowest BCUT2D eigenvalue weighted by molar-refractivity contribution is 0.473. The fourth-order valence-corrected chi connectivity index (χ4v) is 5.62. The second-order valence-corrected chi connectivity index (χ2v) is 10.2. The number of nitrogens with zero attached hydrogens (tertiary/aromatic N) is 3. The molecule has 2 aliphatic rings. The molecule has 34 heavy (non-hydrogen) atoms. The van der Waals surface area contributed by atoms with Gasteiger partial charge < -0.3 is 20.2 Å². The molecule has 3 aromatic rings. The Labute approximate surface area is 210 Å². The number of benzene rings is 2. The number of pyridine rings is 1. The van der Waals surface area contributed by atoms with Crippen LogP contribution < -0.4 is 15.1 Å². The molecule has 7 heteroatoms. The lowest BCUT2D eigenvalue weighted by atomic mass is 9.86. The van der Waals surface area contributed by atoms with Crippen molar-refractivity contribution in [2.75, 3.05) is 16.8 Å². The predicted octanol–water partition coefficient (Wildman–Crippen LogP) is 6.25. The van der Waals surface area contributed by atoms with E-state index in [0.717, 1.165) is 22.5 Å². The summed E-state index contributed by atoms with van der Waals surface area (Å²) in [5.74, 6) is 0.157. The van der Waals surface area contributed by atoms with Gasteiger partial charge in [0.05, 0.1) is 29.0 Å². The summed E-state index contributed by atoms with van der Waals surface area (Å²) in [5, 5.41) is 15.3. The number of allylic oxidation sites excluding steroid dienone is 1. The van der Waals surface area contributed by atoms with Crippen molar-refractivity contribution >= 4 is 45.9 Å². The summed E-state index contributed by atoms with van der Waals surface area (Å²) in [5.41, 5.74) is 5.72. The SMILES string of the molecule is CC1=CC(C)(C)N(C)c2cc(Cl)c([C@H]3[C@@H](c4ccccn4)NC(=S)N3c3ccccc3O)cc21. The first-order valence-corrected chi connectivity index (χ1v) is 12.0. The molecule has 0 spiro atoms. The van der Waals surface area contributed by atoms with Gasteiger partial charge in [0.25, 0.3) is 0 Å². The van der Waals surface area contributed by atoms with Crippen LogP contribution in [0.15, 0.2) is 66.9 Å². The maximum atomic E-state index is 10.7. The average molecular weight is 491 g/mol. The highest BCUT2D eigenvalue weighted by Gasteiger charge is 2.43.